The van der Waals surface area contributed by atoms with Crippen molar-refractivity contribution in [3.8, 4) is 17.5 Å². The molecule has 0 aromatic carbocycles. The summed E-state index contributed by atoms with van der Waals surface area (Å²) in [6.07, 6.45) is 5.14. The Kier molecular flexibility index (Phi) is 6.11. The third-order valence-corrected chi connectivity index (χ3v) is 5.64. The number of allylic oxidation sites excluding steroid dienone is 1. The van der Waals surface area contributed by atoms with Gasteiger partial charge in [0, 0.05) is 35.6 Å². The number of aryl methyl sites for hydroxylation is 1. The molecule has 0 N–H and O–H groups in total. The second-order valence-electron chi connectivity index (χ2n) is 5.59. The van der Waals surface area contributed by atoms with Gasteiger partial charge in [-0.15, -0.1) is 28.1 Å². The van der Waals surface area contributed by atoms with Crippen molar-refractivity contribution in [2.75, 3.05) is 5.75 Å². The molecule has 0 aliphatic heterocycles. The molecule has 3 aromatic heterocycles. The average Bonchev–Trinajstić information content (AvgIpc) is 3.28. The van der Waals surface area contributed by atoms with E-state index in [2.05, 4.69) is 32.8 Å². The smallest absolute Gasteiger partial charge is 0.192 e. The predicted molar refractivity (Wildman–Crippen MR) is 104 cm³/mol. The van der Waals surface area contributed by atoms with Crippen LogP contribution < -0.4 is 0 Å². The molecule has 27 heavy (non-hydrogen) atoms. The van der Waals surface area contributed by atoms with E-state index >= 15 is 0 Å². The quantitative estimate of drug-likeness (QED) is 0.426. The van der Waals surface area contributed by atoms with Gasteiger partial charge in [-0.05, 0) is 19.1 Å². The van der Waals surface area contributed by atoms with E-state index in [1.807, 2.05) is 29.0 Å². The van der Waals surface area contributed by atoms with Crippen molar-refractivity contribution in [1.29, 1.82) is 5.26 Å². The van der Waals surface area contributed by atoms with Crippen molar-refractivity contribution in [3.63, 3.8) is 0 Å². The monoisotopic (exact) mass is 396 g/mol. The molecule has 3 aromatic rings. The lowest BCUT2D eigenvalue weighted by atomic mass is 10.1. The van der Waals surface area contributed by atoms with Gasteiger partial charge in [-0.2, -0.15) is 5.26 Å². The summed E-state index contributed by atoms with van der Waals surface area (Å²) in [5.74, 6) is -0.290. The lowest BCUT2D eigenvalue weighted by Gasteiger charge is -2.08. The Hall–Kier alpha value is -2.83. The minimum absolute atomic E-state index is 0.110. The number of carbonyl (C=O) groups excluding carboxylic acids is 1. The van der Waals surface area contributed by atoms with E-state index < -0.39 is 5.92 Å². The molecule has 0 saturated carbocycles. The maximum Gasteiger partial charge on any atom is 0.192 e. The fourth-order valence-electron chi connectivity index (χ4n) is 2.39. The van der Waals surface area contributed by atoms with E-state index in [-0.39, 0.29) is 11.5 Å². The number of pyridine rings is 1. The van der Waals surface area contributed by atoms with Gasteiger partial charge in [-0.25, -0.2) is 4.98 Å². The average molecular weight is 397 g/mol. The first-order chi connectivity index (χ1) is 13.1. The molecule has 9 heteroatoms. The topological polar surface area (TPSA) is 97.3 Å². The number of nitrogens with zero attached hydrogens (tertiary/aromatic N) is 6. The molecule has 3 heterocycles. The number of rotatable bonds is 8. The molecule has 0 spiro atoms. The highest BCUT2D eigenvalue weighted by Crippen LogP contribution is 2.26. The van der Waals surface area contributed by atoms with E-state index in [0.717, 1.165) is 11.3 Å². The number of thiazole rings is 1. The lowest BCUT2D eigenvalue weighted by molar-refractivity contribution is -0.116. The zero-order chi connectivity index (χ0) is 19.2. The number of ketones is 1. The van der Waals surface area contributed by atoms with Crippen LogP contribution in [0.25, 0.3) is 11.4 Å². The van der Waals surface area contributed by atoms with Gasteiger partial charge in [0.25, 0.3) is 0 Å². The van der Waals surface area contributed by atoms with Crippen LogP contribution in [-0.4, -0.2) is 36.3 Å². The molecule has 0 unspecified atom stereocenters. The number of aromatic nitrogens is 5. The van der Waals surface area contributed by atoms with Crippen molar-refractivity contribution < 1.29 is 4.79 Å². The summed E-state index contributed by atoms with van der Waals surface area (Å²) in [5.41, 5.74) is 1.64. The van der Waals surface area contributed by atoms with Crippen LogP contribution >= 0.6 is 23.1 Å². The van der Waals surface area contributed by atoms with Crippen LogP contribution in [0.4, 0.5) is 0 Å². The van der Waals surface area contributed by atoms with Crippen molar-refractivity contribution in [1.82, 2.24) is 24.7 Å². The predicted octanol–water partition coefficient (Wildman–Crippen LogP) is 3.26. The van der Waals surface area contributed by atoms with Gasteiger partial charge in [0.1, 0.15) is 5.01 Å². The van der Waals surface area contributed by atoms with Crippen LogP contribution in [0.3, 0.4) is 0 Å². The van der Waals surface area contributed by atoms with Crippen molar-refractivity contribution in [3.05, 3.63) is 53.3 Å². The Morgan fingerprint density at radius 1 is 1.52 bits per heavy atom. The first-order valence-electron chi connectivity index (χ1n) is 8.05. The molecule has 0 fully saturated rings. The van der Waals surface area contributed by atoms with E-state index in [9.17, 15) is 10.1 Å². The van der Waals surface area contributed by atoms with Gasteiger partial charge in [0.05, 0.1) is 11.8 Å². The number of hydrogen-bond donors (Lipinski definition) is 0. The largest absolute Gasteiger partial charge is 0.298 e. The lowest BCUT2D eigenvalue weighted by Crippen LogP contribution is -2.14. The van der Waals surface area contributed by atoms with Crippen LogP contribution in [0.1, 0.15) is 16.6 Å². The summed E-state index contributed by atoms with van der Waals surface area (Å²) in [6.45, 7) is 6.11. The Bertz CT molecular complexity index is 989. The summed E-state index contributed by atoms with van der Waals surface area (Å²) >= 11 is 2.58. The molecule has 0 bridgehead atoms. The van der Waals surface area contributed by atoms with Gasteiger partial charge < -0.3 is 0 Å². The molecular formula is C18H16N6OS2. The fourth-order valence-corrected chi connectivity index (χ4v) is 4.10. The second kappa shape index (κ2) is 8.70. The molecule has 3 rings (SSSR count). The van der Waals surface area contributed by atoms with Crippen LogP contribution in [-0.2, 0) is 11.3 Å². The van der Waals surface area contributed by atoms with Gasteiger partial charge in [-0.3, -0.25) is 14.3 Å². The zero-order valence-corrected chi connectivity index (χ0v) is 16.2. The third kappa shape index (κ3) is 4.30. The summed E-state index contributed by atoms with van der Waals surface area (Å²) in [7, 11) is 0. The van der Waals surface area contributed by atoms with Crippen molar-refractivity contribution in [2.45, 2.75) is 24.5 Å². The second-order valence-corrected chi connectivity index (χ2v) is 7.42. The number of carbonyl (C=O) groups is 1. The van der Waals surface area contributed by atoms with Gasteiger partial charge in [0.15, 0.2) is 22.7 Å². The Labute approximate surface area is 164 Å². The molecule has 0 aliphatic rings. The fraction of sp³-hybridized carbons (Fsp3) is 0.222. The maximum atomic E-state index is 12.5. The molecule has 136 valence electrons. The summed E-state index contributed by atoms with van der Waals surface area (Å²) in [4.78, 5) is 20.9. The SMILES string of the molecule is C=CCn1c(SCC(=O)[C@@H](C#N)c2nc(C)cs2)nnc1-c1cccnc1. The first-order valence-corrected chi connectivity index (χ1v) is 9.92. The minimum atomic E-state index is -0.857. The number of hydrogen-bond acceptors (Lipinski definition) is 8. The van der Waals surface area contributed by atoms with Crippen LogP contribution in [0.2, 0.25) is 0 Å². The normalized spacial score (nSPS) is 11.7. The van der Waals surface area contributed by atoms with Gasteiger partial charge in [0.2, 0.25) is 0 Å². The standard InChI is InChI=1S/C18H16N6OS2/c1-3-7-24-16(13-5-4-6-20-9-13)22-23-18(24)27-11-15(25)14(8-19)17-21-12(2)10-26-17/h3-6,9-10,14H,1,7,11H2,2H3/t14-/m1/s1. The number of Topliss-reactive ketones (excluding diaryl/α,β-unsaturated/α-hetero) is 1. The van der Waals surface area contributed by atoms with E-state index in [1.54, 1.807) is 18.5 Å². The number of nitriles is 1. The molecule has 0 radical (unpaired) electrons. The van der Waals surface area contributed by atoms with Crippen molar-refractivity contribution >= 4 is 28.9 Å². The summed E-state index contributed by atoms with van der Waals surface area (Å²) < 4.78 is 1.87. The van der Waals surface area contributed by atoms with Crippen LogP contribution in [0.5, 0.6) is 0 Å². The zero-order valence-electron chi connectivity index (χ0n) is 14.6. The summed E-state index contributed by atoms with van der Waals surface area (Å²) in [5, 5.41) is 20.8. The highest BCUT2D eigenvalue weighted by molar-refractivity contribution is 7.99. The van der Waals surface area contributed by atoms with E-state index in [4.69, 9.17) is 0 Å². The Morgan fingerprint density at radius 2 is 2.37 bits per heavy atom. The van der Waals surface area contributed by atoms with Gasteiger partial charge >= 0.3 is 0 Å². The molecule has 0 saturated heterocycles. The van der Waals surface area contributed by atoms with Gasteiger partial charge in [-0.1, -0.05) is 17.8 Å². The highest BCUT2D eigenvalue weighted by atomic mass is 32.2. The summed E-state index contributed by atoms with van der Waals surface area (Å²) in [6, 6.07) is 5.78. The molecule has 0 amide bonds. The van der Waals surface area contributed by atoms with E-state index in [1.165, 1.54) is 23.1 Å². The van der Waals surface area contributed by atoms with E-state index in [0.29, 0.717) is 22.5 Å². The molecular weight excluding hydrogens is 380 g/mol. The van der Waals surface area contributed by atoms with Crippen molar-refractivity contribution in [2.24, 2.45) is 0 Å². The Morgan fingerprint density at radius 3 is 3.00 bits per heavy atom. The highest BCUT2D eigenvalue weighted by Gasteiger charge is 2.24. The molecule has 1 atom stereocenters. The third-order valence-electron chi connectivity index (χ3n) is 3.63. The van der Waals surface area contributed by atoms with Crippen LogP contribution in [0.15, 0.2) is 47.7 Å². The number of thioether (sulfide) groups is 1. The molecule has 0 aliphatic carbocycles. The minimum Gasteiger partial charge on any atom is -0.298 e. The first kappa shape index (κ1) is 18.9. The van der Waals surface area contributed by atoms with Crippen LogP contribution in [0, 0.1) is 18.3 Å². The molecule has 7 nitrogen and oxygen atoms in total. The maximum absolute atomic E-state index is 12.5. The Balaban J connectivity index is 1.77.